The SMILES string of the molecule is C[N]([AlH2])C1CI1I. The van der Waals surface area contributed by atoms with Gasteiger partial charge < -0.3 is 0 Å². The first-order valence-electron chi connectivity index (χ1n) is 2.19. The Morgan fingerprint density at radius 1 is 2.00 bits per heavy atom. The van der Waals surface area contributed by atoms with Crippen LogP contribution in [0, 0.1) is 0 Å². The first kappa shape index (κ1) is 7.06. The van der Waals surface area contributed by atoms with Gasteiger partial charge in [0.1, 0.15) is 0 Å². The molecule has 1 saturated heterocycles. The van der Waals surface area contributed by atoms with Crippen molar-refractivity contribution in [2.24, 2.45) is 0 Å². The van der Waals surface area contributed by atoms with Crippen LogP contribution in [0.2, 0.25) is 0 Å². The average molecular weight is 339 g/mol. The van der Waals surface area contributed by atoms with Crippen LogP contribution in [0.4, 0.5) is 0 Å². The van der Waals surface area contributed by atoms with E-state index in [1.54, 1.807) is 4.43 Å². The van der Waals surface area contributed by atoms with Crippen LogP contribution in [-0.2, 0) is 0 Å². The molecule has 0 saturated carbocycles. The van der Waals surface area contributed by atoms with Crippen LogP contribution in [0.15, 0.2) is 0 Å². The van der Waals surface area contributed by atoms with Crippen molar-refractivity contribution in [3.05, 3.63) is 0 Å². The van der Waals surface area contributed by atoms with Crippen molar-refractivity contribution in [3.8, 4) is 0 Å². The minimum atomic E-state index is -0.272. The molecule has 1 nitrogen and oxygen atoms in total. The molecule has 0 N–H and O–H groups in total. The van der Waals surface area contributed by atoms with Gasteiger partial charge in [-0.3, -0.25) is 0 Å². The predicted octanol–water partition coefficient (Wildman–Crippen LogP) is 0.662. The van der Waals surface area contributed by atoms with Crippen LogP contribution in [0.1, 0.15) is 0 Å². The van der Waals surface area contributed by atoms with Gasteiger partial charge in [0.2, 0.25) is 0 Å². The van der Waals surface area contributed by atoms with Gasteiger partial charge in [0.15, 0.2) is 0 Å². The van der Waals surface area contributed by atoms with Crippen LogP contribution in [0.5, 0.6) is 0 Å². The second-order valence-electron chi connectivity index (χ2n) is 1.89. The van der Waals surface area contributed by atoms with E-state index in [9.17, 15) is 0 Å². The topological polar surface area (TPSA) is 3.24 Å². The first-order chi connectivity index (χ1) is 3.22. The van der Waals surface area contributed by atoms with E-state index in [-0.39, 0.29) is 15.8 Å². The molecule has 7 heavy (non-hydrogen) atoms. The van der Waals surface area contributed by atoms with Crippen molar-refractivity contribution in [1.82, 2.24) is 3.88 Å². The molecule has 42 valence electrons. The van der Waals surface area contributed by atoms with Crippen LogP contribution in [-0.4, -0.2) is 35.9 Å². The number of hydrogen-bond donors (Lipinski definition) is 0. The van der Waals surface area contributed by atoms with Gasteiger partial charge in [-0.05, 0) is 0 Å². The summed E-state index contributed by atoms with van der Waals surface area (Å²) in [4.78, 5) is 0. The van der Waals surface area contributed by atoms with Crippen LogP contribution in [0.25, 0.3) is 0 Å². The van der Waals surface area contributed by atoms with Gasteiger partial charge >= 0.3 is 70.4 Å². The minimum absolute atomic E-state index is 0.272. The summed E-state index contributed by atoms with van der Waals surface area (Å²) in [5.74, 6) is 0. The Bertz CT molecular complexity index is 77.3. The molecule has 0 aromatic rings. The molecule has 1 fully saturated rings. The number of nitrogens with zero attached hydrogens (tertiary/aromatic N) is 1. The van der Waals surface area contributed by atoms with Crippen molar-refractivity contribution in [2.75, 3.05) is 11.5 Å². The van der Waals surface area contributed by atoms with E-state index in [4.69, 9.17) is 0 Å². The van der Waals surface area contributed by atoms with E-state index in [1.165, 1.54) is 16.5 Å². The second kappa shape index (κ2) is 2.69. The summed E-state index contributed by atoms with van der Waals surface area (Å²) >= 11 is 3.67. The normalized spacial score (nSPS) is 34.1. The number of halogens is 2. The van der Waals surface area contributed by atoms with Gasteiger partial charge in [0.25, 0.3) is 0 Å². The van der Waals surface area contributed by atoms with E-state index in [1.807, 2.05) is 0 Å². The zero-order valence-electron chi connectivity index (χ0n) is 4.49. The molecule has 0 bridgehead atoms. The number of alkyl halides is 2. The molecule has 0 aliphatic carbocycles. The standard InChI is InChI=1S/C3H6I2N.Al.2H/c1-6-3-2-5(3)4;;;/h3H,2H2,1H3;;;/q-1;+1;;. The quantitative estimate of drug-likeness (QED) is 0.294. The predicted molar refractivity (Wildman–Crippen MR) is 53.0 cm³/mol. The molecule has 1 unspecified atom stereocenters. The van der Waals surface area contributed by atoms with Crippen molar-refractivity contribution in [3.63, 3.8) is 0 Å². The molecule has 0 amide bonds. The maximum absolute atomic E-state index is 2.67. The van der Waals surface area contributed by atoms with Crippen molar-refractivity contribution >= 4 is 51.0 Å². The monoisotopic (exact) mass is 339 g/mol. The zero-order valence-corrected chi connectivity index (χ0v) is 10.8. The van der Waals surface area contributed by atoms with Crippen molar-refractivity contribution in [2.45, 2.75) is 4.05 Å². The van der Waals surface area contributed by atoms with E-state index in [0.29, 0.717) is 0 Å². The third kappa shape index (κ3) is 1.97. The Labute approximate surface area is 69.4 Å². The van der Waals surface area contributed by atoms with Gasteiger partial charge in [-0.15, -0.1) is 0 Å². The third-order valence-electron chi connectivity index (χ3n) is 1.01. The Morgan fingerprint density at radius 2 is 2.43 bits per heavy atom. The van der Waals surface area contributed by atoms with Crippen molar-refractivity contribution in [1.29, 1.82) is 0 Å². The summed E-state index contributed by atoms with van der Waals surface area (Å²) in [6, 6.07) is 0. The molecule has 1 aliphatic rings. The third-order valence-corrected chi connectivity index (χ3v) is 12.2. The van der Waals surface area contributed by atoms with Gasteiger partial charge in [0, 0.05) is 0 Å². The molecule has 0 aromatic heterocycles. The Balaban J connectivity index is 2.20. The Hall–Kier alpha value is 1.95. The summed E-state index contributed by atoms with van der Waals surface area (Å²) in [7, 11) is 2.24. The molecule has 0 radical (unpaired) electrons. The number of rotatable bonds is 1. The van der Waals surface area contributed by atoms with E-state index >= 15 is 0 Å². The maximum atomic E-state index is 2.67. The molecular formula is C3H8AlI2N. The second-order valence-corrected chi connectivity index (χ2v) is 14.6. The van der Waals surface area contributed by atoms with Gasteiger partial charge in [0.05, 0.1) is 0 Å². The summed E-state index contributed by atoms with van der Waals surface area (Å²) in [6.07, 6.45) is 0. The molecular weight excluding hydrogens is 331 g/mol. The molecule has 0 spiro atoms. The average Bonchev–Trinajstić information content (AvgIpc) is 2.17. The van der Waals surface area contributed by atoms with Gasteiger partial charge in [-0.2, -0.15) is 0 Å². The van der Waals surface area contributed by atoms with E-state index < -0.39 is 0 Å². The zero-order chi connectivity index (χ0) is 5.44. The fraction of sp³-hybridized carbons (Fsp3) is 1.00. The van der Waals surface area contributed by atoms with Crippen LogP contribution >= 0.6 is 34.5 Å². The van der Waals surface area contributed by atoms with Crippen molar-refractivity contribution < 1.29 is 0 Å². The van der Waals surface area contributed by atoms with Gasteiger partial charge in [-0.25, -0.2) is 0 Å². The summed E-state index contributed by atoms with van der Waals surface area (Å²) in [5, 5.41) is 0. The molecule has 1 heterocycles. The van der Waals surface area contributed by atoms with E-state index in [2.05, 4.69) is 29.5 Å². The summed E-state index contributed by atoms with van der Waals surface area (Å²) < 4.78 is 5.19. The fourth-order valence-electron chi connectivity index (χ4n) is 0.438. The Kier molecular flexibility index (Phi) is 2.72. The van der Waals surface area contributed by atoms with Crippen LogP contribution in [0.3, 0.4) is 0 Å². The van der Waals surface area contributed by atoms with Gasteiger partial charge in [-0.1, -0.05) is 0 Å². The number of hydrogen-bond acceptors (Lipinski definition) is 1. The fourth-order valence-corrected chi connectivity index (χ4v) is 18.4. The van der Waals surface area contributed by atoms with Crippen LogP contribution < -0.4 is 0 Å². The van der Waals surface area contributed by atoms with E-state index in [0.717, 1.165) is 4.05 Å². The molecule has 1 atom stereocenters. The first-order valence-corrected chi connectivity index (χ1v) is 12.1. The molecule has 0 aromatic carbocycles. The summed E-state index contributed by atoms with van der Waals surface area (Å²) in [5.41, 5.74) is 0. The molecule has 1 rings (SSSR count). The summed E-state index contributed by atoms with van der Waals surface area (Å²) in [6.45, 7) is 0. The Morgan fingerprint density at radius 3 is 2.43 bits per heavy atom. The molecule has 1 aliphatic heterocycles. The molecule has 4 heteroatoms.